The maximum atomic E-state index is 12.3. The molecule has 1 aromatic heterocycles. The summed E-state index contributed by atoms with van der Waals surface area (Å²) in [5.41, 5.74) is 1.51. The molecule has 156 valence electrons. The molecule has 3 N–H and O–H groups in total. The second kappa shape index (κ2) is 9.72. The molecule has 1 atom stereocenters. The molecular weight excluding hydrogens is 380 g/mol. The molecule has 2 rings (SSSR count). The lowest BCUT2D eigenvalue weighted by molar-refractivity contribution is -0.137. The SMILES string of the molecule is CCCc1cc(=O)oc2cc(C)cc(OC(C)C(=O)NCC(=O)NCC(=O)O)c12. The molecule has 0 aliphatic heterocycles. The van der Waals surface area contributed by atoms with Crippen molar-refractivity contribution in [2.75, 3.05) is 13.1 Å². The van der Waals surface area contributed by atoms with Crippen LogP contribution in [0.5, 0.6) is 5.75 Å². The van der Waals surface area contributed by atoms with E-state index in [0.717, 1.165) is 17.5 Å². The average molecular weight is 404 g/mol. The van der Waals surface area contributed by atoms with E-state index in [2.05, 4.69) is 10.6 Å². The zero-order valence-electron chi connectivity index (χ0n) is 16.5. The van der Waals surface area contributed by atoms with Crippen molar-refractivity contribution in [2.45, 2.75) is 39.7 Å². The summed E-state index contributed by atoms with van der Waals surface area (Å²) in [6.45, 7) is 4.43. The van der Waals surface area contributed by atoms with Crippen LogP contribution in [-0.4, -0.2) is 42.1 Å². The second-order valence-electron chi connectivity index (χ2n) is 6.63. The Morgan fingerprint density at radius 3 is 2.55 bits per heavy atom. The molecule has 2 amide bonds. The number of carbonyl (C=O) groups excluding carboxylic acids is 2. The topological polar surface area (TPSA) is 135 Å². The van der Waals surface area contributed by atoms with Crippen LogP contribution in [0, 0.1) is 6.92 Å². The zero-order chi connectivity index (χ0) is 21.6. The van der Waals surface area contributed by atoms with Crippen LogP contribution in [0.25, 0.3) is 11.0 Å². The van der Waals surface area contributed by atoms with Gasteiger partial charge in [-0.15, -0.1) is 0 Å². The summed E-state index contributed by atoms with van der Waals surface area (Å²) >= 11 is 0. The molecule has 1 unspecified atom stereocenters. The van der Waals surface area contributed by atoms with Crippen molar-refractivity contribution < 1.29 is 28.6 Å². The van der Waals surface area contributed by atoms with Gasteiger partial charge in [0.25, 0.3) is 5.91 Å². The Bertz CT molecular complexity index is 981. The molecule has 0 radical (unpaired) electrons. The van der Waals surface area contributed by atoms with Crippen LogP contribution < -0.4 is 21.0 Å². The van der Waals surface area contributed by atoms with Gasteiger partial charge in [0.15, 0.2) is 6.10 Å². The molecule has 9 heteroatoms. The minimum Gasteiger partial charge on any atom is -0.480 e. The number of hydrogen-bond acceptors (Lipinski definition) is 6. The molecule has 1 heterocycles. The molecule has 9 nitrogen and oxygen atoms in total. The van der Waals surface area contributed by atoms with Crippen molar-refractivity contribution in [1.82, 2.24) is 10.6 Å². The van der Waals surface area contributed by atoms with E-state index in [1.54, 1.807) is 12.1 Å². The summed E-state index contributed by atoms with van der Waals surface area (Å²) in [5.74, 6) is -1.94. The number of aryl methyl sites for hydroxylation is 2. The first-order valence-corrected chi connectivity index (χ1v) is 9.21. The summed E-state index contributed by atoms with van der Waals surface area (Å²) < 4.78 is 11.1. The number of benzene rings is 1. The number of ether oxygens (including phenoxy) is 1. The van der Waals surface area contributed by atoms with E-state index in [-0.39, 0.29) is 6.54 Å². The lowest BCUT2D eigenvalue weighted by Crippen LogP contribution is -2.43. The van der Waals surface area contributed by atoms with E-state index in [9.17, 15) is 19.2 Å². The first kappa shape index (κ1) is 21.9. The molecular formula is C20H24N2O7. The molecule has 0 bridgehead atoms. The smallest absolute Gasteiger partial charge is 0.336 e. The van der Waals surface area contributed by atoms with Crippen LogP contribution in [-0.2, 0) is 20.8 Å². The van der Waals surface area contributed by atoms with Gasteiger partial charge in [0.05, 0.1) is 11.9 Å². The highest BCUT2D eigenvalue weighted by molar-refractivity contribution is 5.90. The van der Waals surface area contributed by atoms with Crippen LogP contribution in [0.3, 0.4) is 0 Å². The number of fused-ring (bicyclic) bond motifs is 1. The maximum Gasteiger partial charge on any atom is 0.336 e. The Labute approximate surface area is 167 Å². The minimum absolute atomic E-state index is 0.371. The molecule has 29 heavy (non-hydrogen) atoms. The highest BCUT2D eigenvalue weighted by atomic mass is 16.5. The first-order chi connectivity index (χ1) is 13.7. The molecule has 1 aromatic carbocycles. The summed E-state index contributed by atoms with van der Waals surface area (Å²) in [6.07, 6.45) is 0.521. The van der Waals surface area contributed by atoms with Crippen molar-refractivity contribution in [2.24, 2.45) is 0 Å². The average Bonchev–Trinajstić information content (AvgIpc) is 2.63. The summed E-state index contributed by atoms with van der Waals surface area (Å²) in [7, 11) is 0. The van der Waals surface area contributed by atoms with Gasteiger partial charge in [-0.1, -0.05) is 13.3 Å². The Morgan fingerprint density at radius 1 is 1.17 bits per heavy atom. The third-order valence-corrected chi connectivity index (χ3v) is 4.09. The number of amides is 2. The van der Waals surface area contributed by atoms with Gasteiger partial charge >= 0.3 is 11.6 Å². The molecule has 0 saturated heterocycles. The molecule has 0 spiro atoms. The monoisotopic (exact) mass is 404 g/mol. The number of carboxylic acids is 1. The second-order valence-corrected chi connectivity index (χ2v) is 6.63. The minimum atomic E-state index is -1.18. The van der Waals surface area contributed by atoms with Crippen molar-refractivity contribution in [3.8, 4) is 5.75 Å². The van der Waals surface area contributed by atoms with Crippen LogP contribution in [0.4, 0.5) is 0 Å². The number of hydrogen-bond donors (Lipinski definition) is 3. The molecule has 0 saturated carbocycles. The fourth-order valence-electron chi connectivity index (χ4n) is 2.82. The lowest BCUT2D eigenvalue weighted by atomic mass is 10.0. The summed E-state index contributed by atoms with van der Waals surface area (Å²) in [6, 6.07) is 4.91. The van der Waals surface area contributed by atoms with Crippen molar-refractivity contribution in [1.29, 1.82) is 0 Å². The van der Waals surface area contributed by atoms with Gasteiger partial charge in [0.1, 0.15) is 17.9 Å². The summed E-state index contributed by atoms with van der Waals surface area (Å²) in [4.78, 5) is 46.1. The Morgan fingerprint density at radius 2 is 1.90 bits per heavy atom. The Hall–Kier alpha value is -3.36. The molecule has 0 aliphatic rings. The van der Waals surface area contributed by atoms with Gasteiger partial charge in [-0.2, -0.15) is 0 Å². The zero-order valence-corrected chi connectivity index (χ0v) is 16.5. The number of carbonyl (C=O) groups is 3. The van der Waals surface area contributed by atoms with Crippen molar-refractivity contribution in [3.63, 3.8) is 0 Å². The predicted octanol–water partition coefficient (Wildman–Crippen LogP) is 1.14. The largest absolute Gasteiger partial charge is 0.480 e. The van der Waals surface area contributed by atoms with Gasteiger partial charge in [-0.3, -0.25) is 14.4 Å². The van der Waals surface area contributed by atoms with E-state index in [0.29, 0.717) is 23.1 Å². The van der Waals surface area contributed by atoms with Crippen LogP contribution in [0.1, 0.15) is 31.4 Å². The van der Waals surface area contributed by atoms with Gasteiger partial charge in [-0.05, 0) is 43.5 Å². The highest BCUT2D eigenvalue weighted by Gasteiger charge is 2.19. The fraction of sp³-hybridized carbons (Fsp3) is 0.400. The normalized spacial score (nSPS) is 11.7. The van der Waals surface area contributed by atoms with Gasteiger partial charge in [-0.25, -0.2) is 4.79 Å². The van der Waals surface area contributed by atoms with E-state index >= 15 is 0 Å². The van der Waals surface area contributed by atoms with E-state index in [4.69, 9.17) is 14.3 Å². The third-order valence-electron chi connectivity index (χ3n) is 4.09. The van der Waals surface area contributed by atoms with Gasteiger partial charge < -0.3 is 24.9 Å². The number of carboxylic acid groups (broad SMARTS) is 1. The van der Waals surface area contributed by atoms with E-state index in [1.165, 1.54) is 13.0 Å². The quantitative estimate of drug-likeness (QED) is 0.533. The van der Waals surface area contributed by atoms with Gasteiger partial charge in [0, 0.05) is 6.07 Å². The first-order valence-electron chi connectivity index (χ1n) is 9.21. The van der Waals surface area contributed by atoms with E-state index < -0.39 is 36.1 Å². The Balaban J connectivity index is 2.18. The van der Waals surface area contributed by atoms with Crippen LogP contribution in [0.2, 0.25) is 0 Å². The van der Waals surface area contributed by atoms with E-state index in [1.807, 2.05) is 13.8 Å². The number of rotatable bonds is 9. The van der Waals surface area contributed by atoms with Crippen molar-refractivity contribution in [3.05, 3.63) is 39.7 Å². The lowest BCUT2D eigenvalue weighted by Gasteiger charge is -2.17. The predicted molar refractivity (Wildman–Crippen MR) is 105 cm³/mol. The fourth-order valence-corrected chi connectivity index (χ4v) is 2.82. The molecule has 2 aromatic rings. The Kier molecular flexibility index (Phi) is 7.35. The third kappa shape index (κ3) is 6.06. The number of nitrogens with one attached hydrogen (secondary N) is 2. The standard InChI is InChI=1S/C20H24N2O7/c1-4-5-13-8-18(26)29-15-7-11(2)6-14(19(13)15)28-12(3)20(27)22-9-16(23)21-10-17(24)25/h6-8,12H,4-5,9-10H2,1-3H3,(H,21,23)(H,22,27)(H,24,25). The highest BCUT2D eigenvalue weighted by Crippen LogP contribution is 2.31. The molecule has 0 aliphatic carbocycles. The maximum absolute atomic E-state index is 12.3. The van der Waals surface area contributed by atoms with Crippen molar-refractivity contribution >= 4 is 28.8 Å². The molecule has 0 fully saturated rings. The van der Waals surface area contributed by atoms with Gasteiger partial charge in [0.2, 0.25) is 5.91 Å². The number of aliphatic carboxylic acids is 1. The summed E-state index contributed by atoms with van der Waals surface area (Å²) in [5, 5.41) is 13.7. The van der Waals surface area contributed by atoms with Crippen LogP contribution in [0.15, 0.2) is 27.4 Å². The van der Waals surface area contributed by atoms with Crippen LogP contribution >= 0.6 is 0 Å².